The third kappa shape index (κ3) is 6.65. The molecule has 3 N–H and O–H groups in total. The van der Waals surface area contributed by atoms with Gasteiger partial charge in [-0.3, -0.25) is 4.79 Å². The van der Waals surface area contributed by atoms with Gasteiger partial charge in [-0.1, -0.05) is 30.3 Å². The Bertz CT molecular complexity index is 660. The van der Waals surface area contributed by atoms with E-state index in [2.05, 4.69) is 0 Å². The Morgan fingerprint density at radius 1 is 0.957 bits per heavy atom. The summed E-state index contributed by atoms with van der Waals surface area (Å²) in [7, 11) is 0. The van der Waals surface area contributed by atoms with Gasteiger partial charge in [0.2, 0.25) is 0 Å². The number of carboxylic acid groups (broad SMARTS) is 1. The summed E-state index contributed by atoms with van der Waals surface area (Å²) in [4.78, 5) is 21.3. The highest BCUT2D eigenvalue weighted by Gasteiger charge is 2.16. The van der Waals surface area contributed by atoms with E-state index in [1.54, 1.807) is 48.5 Å². The van der Waals surface area contributed by atoms with Crippen LogP contribution in [0, 0.1) is 0 Å². The van der Waals surface area contributed by atoms with Gasteiger partial charge in [-0.15, -0.1) is 0 Å². The van der Waals surface area contributed by atoms with Crippen LogP contribution in [0.3, 0.4) is 0 Å². The lowest BCUT2D eigenvalue weighted by molar-refractivity contribution is 0.0696. The minimum absolute atomic E-state index is 0.328. The topological polar surface area (TPSA) is 89.6 Å². The van der Waals surface area contributed by atoms with Crippen molar-refractivity contribution in [3.8, 4) is 5.75 Å². The number of rotatable bonds is 3. The summed E-state index contributed by atoms with van der Waals surface area (Å²) < 4.78 is 5.59. The third-order valence-corrected chi connectivity index (χ3v) is 2.59. The number of ether oxygens (including phenoxy) is 1. The van der Waals surface area contributed by atoms with E-state index in [1.165, 1.54) is 0 Å². The van der Waals surface area contributed by atoms with Crippen molar-refractivity contribution in [1.82, 2.24) is 0 Å². The number of benzene rings is 2. The molecule has 0 spiro atoms. The van der Waals surface area contributed by atoms with Gasteiger partial charge in [-0.2, -0.15) is 0 Å². The lowest BCUT2D eigenvalue weighted by Gasteiger charge is -2.22. The smallest absolute Gasteiger partial charge is 0.335 e. The van der Waals surface area contributed by atoms with Crippen LogP contribution in [-0.2, 0) is 0 Å². The zero-order valence-corrected chi connectivity index (χ0v) is 13.4. The van der Waals surface area contributed by atoms with Gasteiger partial charge in [-0.25, -0.2) is 4.79 Å². The number of hydrogen-bond donors (Lipinski definition) is 2. The van der Waals surface area contributed by atoms with Crippen LogP contribution in [0.1, 0.15) is 41.5 Å². The Labute approximate surface area is 135 Å². The third-order valence-electron chi connectivity index (χ3n) is 2.59. The van der Waals surface area contributed by atoms with Crippen LogP contribution in [0.5, 0.6) is 5.75 Å². The minimum Gasteiger partial charge on any atom is -0.487 e. The second kappa shape index (κ2) is 7.98. The Morgan fingerprint density at radius 2 is 1.48 bits per heavy atom. The molecule has 0 heterocycles. The number of hydrogen-bond acceptors (Lipinski definition) is 3. The fourth-order valence-corrected chi connectivity index (χ4v) is 1.67. The van der Waals surface area contributed by atoms with Crippen molar-refractivity contribution in [3.05, 3.63) is 65.7 Å². The SMILES string of the molecule is CC(C)(C)Oc1ccccc1C(N)=O.O=C(O)c1ccccc1. The van der Waals surface area contributed by atoms with Crippen LogP contribution < -0.4 is 10.5 Å². The number of primary amides is 1. The van der Waals surface area contributed by atoms with E-state index in [0.29, 0.717) is 16.9 Å². The van der Waals surface area contributed by atoms with E-state index in [4.69, 9.17) is 15.6 Å². The molecule has 0 saturated carbocycles. The largest absolute Gasteiger partial charge is 0.487 e. The van der Waals surface area contributed by atoms with Gasteiger partial charge in [-0.05, 0) is 45.0 Å². The highest BCUT2D eigenvalue weighted by molar-refractivity contribution is 5.95. The van der Waals surface area contributed by atoms with Crippen LogP contribution in [-0.4, -0.2) is 22.6 Å². The first-order chi connectivity index (χ1) is 10.7. The maximum Gasteiger partial charge on any atom is 0.335 e. The highest BCUT2D eigenvalue weighted by Crippen LogP contribution is 2.22. The molecule has 2 rings (SSSR count). The Kier molecular flexibility index (Phi) is 6.33. The zero-order chi connectivity index (χ0) is 17.5. The van der Waals surface area contributed by atoms with Gasteiger partial charge >= 0.3 is 5.97 Å². The molecule has 2 aromatic carbocycles. The summed E-state index contributed by atoms with van der Waals surface area (Å²) in [5, 5.41) is 8.38. The molecule has 0 radical (unpaired) electrons. The first-order valence-corrected chi connectivity index (χ1v) is 7.07. The number of carbonyl (C=O) groups is 2. The zero-order valence-electron chi connectivity index (χ0n) is 13.4. The molecule has 0 aromatic heterocycles. The second-order valence-electron chi connectivity index (χ2n) is 5.75. The van der Waals surface area contributed by atoms with E-state index in [-0.39, 0.29) is 5.60 Å². The summed E-state index contributed by atoms with van der Waals surface area (Å²) in [5.41, 5.74) is 5.64. The van der Waals surface area contributed by atoms with Gasteiger partial charge in [0.15, 0.2) is 0 Å². The number of para-hydroxylation sites is 1. The van der Waals surface area contributed by atoms with Crippen LogP contribution >= 0.6 is 0 Å². The van der Waals surface area contributed by atoms with Crippen LogP contribution in [0.2, 0.25) is 0 Å². The molecule has 0 saturated heterocycles. The Balaban J connectivity index is 0.000000253. The first kappa shape index (κ1) is 18.2. The minimum atomic E-state index is -0.879. The number of carboxylic acids is 1. The maximum absolute atomic E-state index is 11.0. The predicted molar refractivity (Wildman–Crippen MR) is 88.7 cm³/mol. The molecule has 0 aliphatic heterocycles. The van der Waals surface area contributed by atoms with Crippen molar-refractivity contribution >= 4 is 11.9 Å². The van der Waals surface area contributed by atoms with E-state index in [0.717, 1.165) is 0 Å². The molecule has 5 heteroatoms. The molecule has 1 amide bonds. The summed E-state index contributed by atoms with van der Waals surface area (Å²) >= 11 is 0. The summed E-state index contributed by atoms with van der Waals surface area (Å²) in [6.45, 7) is 5.76. The van der Waals surface area contributed by atoms with E-state index < -0.39 is 11.9 Å². The summed E-state index contributed by atoms with van der Waals surface area (Å²) in [5.74, 6) is -0.812. The van der Waals surface area contributed by atoms with Crippen molar-refractivity contribution in [3.63, 3.8) is 0 Å². The number of nitrogens with two attached hydrogens (primary N) is 1. The van der Waals surface area contributed by atoms with Crippen molar-refractivity contribution in [2.75, 3.05) is 0 Å². The first-order valence-electron chi connectivity index (χ1n) is 7.07. The number of carbonyl (C=O) groups excluding carboxylic acids is 1. The lowest BCUT2D eigenvalue weighted by Crippen LogP contribution is -2.25. The molecule has 0 bridgehead atoms. The molecule has 23 heavy (non-hydrogen) atoms. The van der Waals surface area contributed by atoms with Crippen LogP contribution in [0.15, 0.2) is 54.6 Å². The molecule has 5 nitrogen and oxygen atoms in total. The fourth-order valence-electron chi connectivity index (χ4n) is 1.67. The van der Waals surface area contributed by atoms with Crippen molar-refractivity contribution < 1.29 is 19.4 Å². The molecular formula is C18H21NO4. The monoisotopic (exact) mass is 315 g/mol. The maximum atomic E-state index is 11.0. The van der Waals surface area contributed by atoms with Gasteiger partial charge in [0, 0.05) is 0 Å². The van der Waals surface area contributed by atoms with E-state index >= 15 is 0 Å². The number of aromatic carboxylic acids is 1. The Morgan fingerprint density at radius 3 is 1.91 bits per heavy atom. The molecular weight excluding hydrogens is 294 g/mol. The summed E-state index contributed by atoms with van der Waals surface area (Å²) in [6, 6.07) is 15.3. The lowest BCUT2D eigenvalue weighted by atomic mass is 10.1. The summed E-state index contributed by atoms with van der Waals surface area (Å²) in [6.07, 6.45) is 0. The van der Waals surface area contributed by atoms with Crippen molar-refractivity contribution in [2.24, 2.45) is 5.73 Å². The molecule has 122 valence electrons. The average Bonchev–Trinajstić information content (AvgIpc) is 2.47. The molecule has 0 aliphatic rings. The van der Waals surface area contributed by atoms with Gasteiger partial charge in [0.1, 0.15) is 11.4 Å². The quantitative estimate of drug-likeness (QED) is 0.909. The van der Waals surface area contributed by atoms with Gasteiger partial charge in [0.25, 0.3) is 5.91 Å². The molecule has 0 aliphatic carbocycles. The van der Waals surface area contributed by atoms with Crippen molar-refractivity contribution in [2.45, 2.75) is 26.4 Å². The molecule has 0 unspecified atom stereocenters. The average molecular weight is 315 g/mol. The second-order valence-corrected chi connectivity index (χ2v) is 5.75. The molecule has 2 aromatic rings. The Hall–Kier alpha value is -2.82. The van der Waals surface area contributed by atoms with Crippen LogP contribution in [0.4, 0.5) is 0 Å². The van der Waals surface area contributed by atoms with E-state index in [9.17, 15) is 9.59 Å². The number of amides is 1. The van der Waals surface area contributed by atoms with Crippen molar-refractivity contribution in [1.29, 1.82) is 0 Å². The van der Waals surface area contributed by atoms with Crippen LogP contribution in [0.25, 0.3) is 0 Å². The standard InChI is InChI=1S/C11H15NO2.C7H6O2/c1-11(2,3)14-9-7-5-4-6-8(9)10(12)13;8-7(9)6-4-2-1-3-5-6/h4-7H,1-3H3,(H2,12,13);1-5H,(H,8,9). The molecule has 0 atom stereocenters. The highest BCUT2D eigenvalue weighted by atomic mass is 16.5. The normalized spacial score (nSPS) is 10.2. The fraction of sp³-hybridized carbons (Fsp3) is 0.222. The van der Waals surface area contributed by atoms with Gasteiger partial charge in [0.05, 0.1) is 11.1 Å². The predicted octanol–water partition coefficient (Wildman–Crippen LogP) is 3.35. The van der Waals surface area contributed by atoms with E-state index in [1.807, 2.05) is 26.8 Å². The molecule has 0 fully saturated rings. The van der Waals surface area contributed by atoms with Gasteiger partial charge < -0.3 is 15.6 Å².